The summed E-state index contributed by atoms with van der Waals surface area (Å²) in [5, 5.41) is 5.99. The monoisotopic (exact) mass is 310 g/mol. The second-order valence-corrected chi connectivity index (χ2v) is 7.88. The number of hydrogen-bond donors (Lipinski definition) is 2. The van der Waals surface area contributed by atoms with E-state index in [2.05, 4.69) is 10.6 Å². The first kappa shape index (κ1) is 16.0. The molecular formula is C15H22N2O3S. The van der Waals surface area contributed by atoms with Crippen LogP contribution in [0.4, 0.5) is 5.69 Å². The van der Waals surface area contributed by atoms with Crippen LogP contribution in [0.3, 0.4) is 0 Å². The summed E-state index contributed by atoms with van der Waals surface area (Å²) in [4.78, 5) is 11.8. The lowest BCUT2D eigenvalue weighted by molar-refractivity contribution is -0.116. The van der Waals surface area contributed by atoms with Gasteiger partial charge in [-0.1, -0.05) is 6.07 Å². The SMILES string of the molecule is Cc1ccc(NC(=O)CCNC2CCS(=O)(=O)C2)cc1C. The zero-order valence-corrected chi connectivity index (χ0v) is 13.3. The van der Waals surface area contributed by atoms with E-state index in [1.807, 2.05) is 32.0 Å². The molecule has 0 spiro atoms. The fraction of sp³-hybridized carbons (Fsp3) is 0.533. The number of carbonyl (C=O) groups is 1. The zero-order valence-electron chi connectivity index (χ0n) is 12.5. The van der Waals surface area contributed by atoms with E-state index in [1.54, 1.807) is 0 Å². The third-order valence-electron chi connectivity index (χ3n) is 3.81. The molecule has 21 heavy (non-hydrogen) atoms. The van der Waals surface area contributed by atoms with Gasteiger partial charge in [0, 0.05) is 24.7 Å². The van der Waals surface area contributed by atoms with Crippen LogP contribution in [-0.2, 0) is 14.6 Å². The highest BCUT2D eigenvalue weighted by Crippen LogP contribution is 2.14. The molecule has 0 aromatic heterocycles. The maximum atomic E-state index is 11.8. The standard InChI is InChI=1S/C15H22N2O3S/c1-11-3-4-13(9-12(11)2)17-15(18)5-7-16-14-6-8-21(19,20)10-14/h3-4,9,14,16H,5-8,10H2,1-2H3,(H,17,18). The largest absolute Gasteiger partial charge is 0.326 e. The lowest BCUT2D eigenvalue weighted by atomic mass is 10.1. The molecule has 0 radical (unpaired) electrons. The minimum absolute atomic E-state index is 0.00980. The third-order valence-corrected chi connectivity index (χ3v) is 5.58. The van der Waals surface area contributed by atoms with Crippen LogP contribution in [0, 0.1) is 13.8 Å². The Morgan fingerprint density at radius 3 is 2.67 bits per heavy atom. The average molecular weight is 310 g/mol. The van der Waals surface area contributed by atoms with Crippen molar-refractivity contribution in [1.29, 1.82) is 0 Å². The maximum absolute atomic E-state index is 11.8. The van der Waals surface area contributed by atoms with Crippen LogP contribution in [0.2, 0.25) is 0 Å². The molecule has 0 aliphatic carbocycles. The van der Waals surface area contributed by atoms with Gasteiger partial charge in [0.15, 0.2) is 9.84 Å². The van der Waals surface area contributed by atoms with Crippen molar-refractivity contribution in [3.63, 3.8) is 0 Å². The number of sulfone groups is 1. The Hall–Kier alpha value is -1.40. The van der Waals surface area contributed by atoms with Crippen molar-refractivity contribution in [2.45, 2.75) is 32.7 Å². The summed E-state index contributed by atoms with van der Waals surface area (Å²) in [5.74, 6) is 0.372. The van der Waals surface area contributed by atoms with E-state index in [9.17, 15) is 13.2 Å². The predicted molar refractivity (Wildman–Crippen MR) is 84.2 cm³/mol. The van der Waals surface area contributed by atoms with Crippen molar-refractivity contribution >= 4 is 21.4 Å². The zero-order chi connectivity index (χ0) is 15.5. The Balaban J connectivity index is 1.74. The summed E-state index contributed by atoms with van der Waals surface area (Å²) in [7, 11) is -2.87. The quantitative estimate of drug-likeness (QED) is 0.862. The lowest BCUT2D eigenvalue weighted by Gasteiger charge is -2.11. The molecule has 0 bridgehead atoms. The summed E-state index contributed by atoms with van der Waals surface area (Å²) in [5.41, 5.74) is 3.13. The predicted octanol–water partition coefficient (Wildman–Crippen LogP) is 1.41. The Morgan fingerprint density at radius 2 is 2.05 bits per heavy atom. The number of nitrogens with one attached hydrogen (secondary N) is 2. The molecule has 1 saturated heterocycles. The number of carbonyl (C=O) groups excluding carboxylic acids is 1. The van der Waals surface area contributed by atoms with Crippen molar-refractivity contribution in [3.05, 3.63) is 29.3 Å². The second kappa shape index (κ2) is 6.58. The summed E-state index contributed by atoms with van der Waals surface area (Å²) >= 11 is 0. The molecule has 1 aromatic carbocycles. The van der Waals surface area contributed by atoms with E-state index in [0.29, 0.717) is 19.4 Å². The van der Waals surface area contributed by atoms with Crippen LogP contribution in [0.25, 0.3) is 0 Å². The Kier molecular flexibility index (Phi) is 5.00. The van der Waals surface area contributed by atoms with E-state index in [0.717, 1.165) is 11.3 Å². The van der Waals surface area contributed by atoms with Gasteiger partial charge in [-0.2, -0.15) is 0 Å². The molecular weight excluding hydrogens is 288 g/mol. The molecule has 2 rings (SSSR count). The first-order chi connectivity index (χ1) is 9.85. The van der Waals surface area contributed by atoms with Crippen LogP contribution in [0.1, 0.15) is 24.0 Å². The molecule has 1 atom stereocenters. The van der Waals surface area contributed by atoms with E-state index in [4.69, 9.17) is 0 Å². The van der Waals surface area contributed by atoms with Crippen molar-refractivity contribution in [2.75, 3.05) is 23.4 Å². The van der Waals surface area contributed by atoms with E-state index in [-0.39, 0.29) is 23.5 Å². The molecule has 1 aromatic rings. The summed E-state index contributed by atoms with van der Waals surface area (Å²) in [6.45, 7) is 4.53. The summed E-state index contributed by atoms with van der Waals surface area (Å²) in [6, 6.07) is 5.80. The minimum Gasteiger partial charge on any atom is -0.326 e. The molecule has 1 amide bonds. The Morgan fingerprint density at radius 1 is 1.29 bits per heavy atom. The van der Waals surface area contributed by atoms with Crippen molar-refractivity contribution < 1.29 is 13.2 Å². The maximum Gasteiger partial charge on any atom is 0.225 e. The fourth-order valence-electron chi connectivity index (χ4n) is 2.39. The molecule has 5 nitrogen and oxygen atoms in total. The fourth-order valence-corrected chi connectivity index (χ4v) is 4.10. The van der Waals surface area contributed by atoms with Gasteiger partial charge in [-0.05, 0) is 43.5 Å². The van der Waals surface area contributed by atoms with Crippen LogP contribution < -0.4 is 10.6 Å². The van der Waals surface area contributed by atoms with Crippen molar-refractivity contribution in [2.24, 2.45) is 0 Å². The second-order valence-electron chi connectivity index (χ2n) is 5.65. The van der Waals surface area contributed by atoms with Gasteiger partial charge in [0.1, 0.15) is 0 Å². The molecule has 1 unspecified atom stereocenters. The van der Waals surface area contributed by atoms with Gasteiger partial charge in [0.25, 0.3) is 0 Å². The highest BCUT2D eigenvalue weighted by Gasteiger charge is 2.27. The summed E-state index contributed by atoms with van der Waals surface area (Å²) < 4.78 is 22.6. The molecule has 0 saturated carbocycles. The average Bonchev–Trinajstić information content (AvgIpc) is 2.73. The van der Waals surface area contributed by atoms with Crippen LogP contribution in [-0.4, -0.2) is 38.4 Å². The molecule has 1 heterocycles. The molecule has 116 valence electrons. The van der Waals surface area contributed by atoms with Gasteiger partial charge >= 0.3 is 0 Å². The van der Waals surface area contributed by atoms with Gasteiger partial charge in [-0.25, -0.2) is 8.42 Å². The van der Waals surface area contributed by atoms with Crippen LogP contribution >= 0.6 is 0 Å². The molecule has 1 fully saturated rings. The Bertz CT molecular complexity index is 626. The van der Waals surface area contributed by atoms with Gasteiger partial charge in [0.2, 0.25) is 5.91 Å². The first-order valence-corrected chi connectivity index (χ1v) is 8.99. The van der Waals surface area contributed by atoms with E-state index < -0.39 is 9.84 Å². The van der Waals surface area contributed by atoms with Gasteiger partial charge < -0.3 is 10.6 Å². The molecule has 2 N–H and O–H groups in total. The topological polar surface area (TPSA) is 75.3 Å². The van der Waals surface area contributed by atoms with Crippen molar-refractivity contribution in [1.82, 2.24) is 5.32 Å². The number of rotatable bonds is 5. The molecule has 6 heteroatoms. The number of aryl methyl sites for hydroxylation is 2. The molecule has 1 aliphatic rings. The normalized spacial score (nSPS) is 20.4. The molecule has 1 aliphatic heterocycles. The smallest absolute Gasteiger partial charge is 0.225 e. The summed E-state index contributed by atoms with van der Waals surface area (Å²) in [6.07, 6.45) is 0.977. The highest BCUT2D eigenvalue weighted by atomic mass is 32.2. The van der Waals surface area contributed by atoms with E-state index >= 15 is 0 Å². The number of benzene rings is 1. The number of amides is 1. The Labute approximate surface area is 126 Å². The van der Waals surface area contributed by atoms with Gasteiger partial charge in [-0.15, -0.1) is 0 Å². The van der Waals surface area contributed by atoms with E-state index in [1.165, 1.54) is 5.56 Å². The number of anilines is 1. The van der Waals surface area contributed by atoms with Crippen LogP contribution in [0.5, 0.6) is 0 Å². The first-order valence-electron chi connectivity index (χ1n) is 7.17. The van der Waals surface area contributed by atoms with Gasteiger partial charge in [-0.3, -0.25) is 4.79 Å². The van der Waals surface area contributed by atoms with Crippen molar-refractivity contribution in [3.8, 4) is 0 Å². The highest BCUT2D eigenvalue weighted by molar-refractivity contribution is 7.91. The third kappa shape index (κ3) is 4.82. The lowest BCUT2D eigenvalue weighted by Crippen LogP contribution is -2.32. The number of hydrogen-bond acceptors (Lipinski definition) is 4. The van der Waals surface area contributed by atoms with Gasteiger partial charge in [0.05, 0.1) is 11.5 Å². The minimum atomic E-state index is -2.87. The van der Waals surface area contributed by atoms with Crippen LogP contribution in [0.15, 0.2) is 18.2 Å².